The molecule has 0 atom stereocenters. The summed E-state index contributed by atoms with van der Waals surface area (Å²) < 4.78 is 20.8. The molecule has 0 spiro atoms. The van der Waals surface area contributed by atoms with Crippen molar-refractivity contribution in [2.45, 2.75) is 51.6 Å². The van der Waals surface area contributed by atoms with E-state index in [2.05, 4.69) is 35.2 Å². The number of piperidine rings is 1. The summed E-state index contributed by atoms with van der Waals surface area (Å²) in [5.74, 6) is -0.376. The minimum Gasteiger partial charge on any atom is -0.454 e. The van der Waals surface area contributed by atoms with Gasteiger partial charge in [-0.3, -0.25) is 4.79 Å². The summed E-state index contributed by atoms with van der Waals surface area (Å²) in [6.45, 7) is 6.43. The maximum atomic E-state index is 14.7. The van der Waals surface area contributed by atoms with Crippen LogP contribution < -0.4 is 0 Å². The van der Waals surface area contributed by atoms with Gasteiger partial charge in [-0.05, 0) is 47.2 Å². The number of rotatable bonds is 8. The highest BCUT2D eigenvalue weighted by atomic mass is 35.5. The summed E-state index contributed by atoms with van der Waals surface area (Å²) >= 11 is 0. The molecule has 0 saturated carbocycles. The fourth-order valence-corrected chi connectivity index (χ4v) is 4.91. The van der Waals surface area contributed by atoms with Gasteiger partial charge >= 0.3 is 5.97 Å². The number of esters is 1. The molecular weight excluding hydrogens is 461 g/mol. The predicted octanol–water partition coefficient (Wildman–Crippen LogP) is 6.63. The molecule has 35 heavy (non-hydrogen) atoms. The van der Waals surface area contributed by atoms with Crippen LogP contribution in [-0.4, -0.2) is 30.5 Å². The van der Waals surface area contributed by atoms with Crippen LogP contribution in [0, 0.1) is 12.7 Å². The monoisotopic (exact) mass is 495 g/mol. The molecule has 3 aromatic carbocycles. The third kappa shape index (κ3) is 6.71. The molecule has 0 amide bonds. The fourth-order valence-electron chi connectivity index (χ4n) is 4.91. The molecule has 1 heterocycles. The lowest BCUT2D eigenvalue weighted by Crippen LogP contribution is -2.46. The molecule has 4 rings (SSSR count). The minimum atomic E-state index is -0.673. The van der Waals surface area contributed by atoms with E-state index >= 15 is 0 Å². The number of halogens is 2. The third-order valence-electron chi connectivity index (χ3n) is 6.92. The zero-order valence-electron chi connectivity index (χ0n) is 20.6. The molecule has 5 heteroatoms. The van der Waals surface area contributed by atoms with Crippen LogP contribution in [0.2, 0.25) is 0 Å². The van der Waals surface area contributed by atoms with Crippen molar-refractivity contribution < 1.29 is 13.9 Å². The smallest absolute Gasteiger partial charge is 0.306 e. The topological polar surface area (TPSA) is 29.5 Å². The van der Waals surface area contributed by atoms with E-state index in [0.29, 0.717) is 18.4 Å². The van der Waals surface area contributed by atoms with Gasteiger partial charge in [0.1, 0.15) is 11.4 Å². The molecule has 186 valence electrons. The van der Waals surface area contributed by atoms with Gasteiger partial charge < -0.3 is 9.64 Å². The Kier molecular flexibility index (Phi) is 9.47. The van der Waals surface area contributed by atoms with Crippen molar-refractivity contribution in [1.82, 2.24) is 4.90 Å². The Morgan fingerprint density at radius 1 is 0.971 bits per heavy atom. The standard InChI is InChI=1S/C30H34FNO2.ClH/c1-3-29(33)34-30(16-19-32(20-17-30)18-15-24-9-5-4-6-10-24)27-12-8-7-11-25(27)22-26-14-13-23(2)21-28(26)31;/h4-14,21H,3,15-20,22H2,1-2H3;1H. The van der Waals surface area contributed by atoms with Crippen molar-refractivity contribution in [1.29, 1.82) is 0 Å². The number of likely N-dealkylation sites (tertiary alicyclic amines) is 1. The van der Waals surface area contributed by atoms with Gasteiger partial charge in [-0.15, -0.1) is 12.4 Å². The molecule has 0 bridgehead atoms. The van der Waals surface area contributed by atoms with Crippen molar-refractivity contribution in [3.8, 4) is 0 Å². The lowest BCUT2D eigenvalue weighted by molar-refractivity contribution is -0.166. The summed E-state index contributed by atoms with van der Waals surface area (Å²) in [6.07, 6.45) is 3.30. The Morgan fingerprint density at radius 2 is 1.66 bits per heavy atom. The van der Waals surface area contributed by atoms with Gasteiger partial charge in [-0.2, -0.15) is 0 Å². The summed E-state index contributed by atoms with van der Waals surface area (Å²) in [5, 5.41) is 0. The fraction of sp³-hybridized carbons (Fsp3) is 0.367. The maximum absolute atomic E-state index is 14.7. The maximum Gasteiger partial charge on any atom is 0.306 e. The SMILES string of the molecule is CCC(=O)OC1(c2ccccc2Cc2ccc(C)cc2F)CCN(CCc2ccccc2)CC1.Cl. The summed E-state index contributed by atoms with van der Waals surface area (Å²) in [4.78, 5) is 15.0. The van der Waals surface area contributed by atoms with Crippen LogP contribution in [0.15, 0.2) is 72.8 Å². The molecule has 1 aliphatic rings. The largest absolute Gasteiger partial charge is 0.454 e. The molecule has 3 nitrogen and oxygen atoms in total. The number of nitrogens with zero attached hydrogens (tertiary/aromatic N) is 1. The average Bonchev–Trinajstić information content (AvgIpc) is 2.86. The van der Waals surface area contributed by atoms with E-state index in [1.807, 2.05) is 50.2 Å². The molecule has 0 unspecified atom stereocenters. The molecule has 0 aromatic heterocycles. The normalized spacial score (nSPS) is 15.3. The Labute approximate surface area is 214 Å². The van der Waals surface area contributed by atoms with Gasteiger partial charge in [0, 0.05) is 45.3 Å². The molecule has 0 radical (unpaired) electrons. The van der Waals surface area contributed by atoms with E-state index in [1.165, 1.54) is 5.56 Å². The van der Waals surface area contributed by atoms with Crippen molar-refractivity contribution in [3.05, 3.63) is 106 Å². The molecule has 1 saturated heterocycles. The van der Waals surface area contributed by atoms with Gasteiger partial charge in [-0.25, -0.2) is 4.39 Å². The highest BCUT2D eigenvalue weighted by molar-refractivity contribution is 5.85. The first-order chi connectivity index (χ1) is 16.5. The Balaban J connectivity index is 0.00000342. The Morgan fingerprint density at radius 3 is 2.34 bits per heavy atom. The first-order valence-electron chi connectivity index (χ1n) is 12.3. The highest BCUT2D eigenvalue weighted by Gasteiger charge is 2.41. The molecular formula is C30H35ClFNO2. The van der Waals surface area contributed by atoms with Crippen LogP contribution in [0.25, 0.3) is 0 Å². The van der Waals surface area contributed by atoms with Gasteiger partial charge in [0.15, 0.2) is 0 Å². The number of aryl methyl sites for hydroxylation is 1. The van der Waals surface area contributed by atoms with Crippen LogP contribution in [0.3, 0.4) is 0 Å². The highest BCUT2D eigenvalue weighted by Crippen LogP contribution is 2.40. The van der Waals surface area contributed by atoms with E-state index in [0.717, 1.165) is 55.6 Å². The Bertz CT molecular complexity index is 1110. The van der Waals surface area contributed by atoms with Crippen LogP contribution in [0.5, 0.6) is 0 Å². The molecule has 0 aliphatic carbocycles. The van der Waals surface area contributed by atoms with E-state index in [4.69, 9.17) is 4.74 Å². The van der Waals surface area contributed by atoms with Crippen molar-refractivity contribution >= 4 is 18.4 Å². The average molecular weight is 496 g/mol. The van der Waals surface area contributed by atoms with Gasteiger partial charge in [0.2, 0.25) is 0 Å². The Hall–Kier alpha value is -2.69. The lowest BCUT2D eigenvalue weighted by atomic mass is 9.80. The molecule has 3 aromatic rings. The van der Waals surface area contributed by atoms with Crippen molar-refractivity contribution in [2.75, 3.05) is 19.6 Å². The zero-order chi connectivity index (χ0) is 24.0. The molecule has 0 N–H and O–H groups in total. The van der Waals surface area contributed by atoms with Crippen molar-refractivity contribution in [3.63, 3.8) is 0 Å². The van der Waals surface area contributed by atoms with E-state index in [9.17, 15) is 9.18 Å². The van der Waals surface area contributed by atoms with Crippen molar-refractivity contribution in [2.24, 2.45) is 0 Å². The summed E-state index contributed by atoms with van der Waals surface area (Å²) in [5.41, 5.74) is 4.27. The summed E-state index contributed by atoms with van der Waals surface area (Å²) in [6, 6.07) is 24.0. The molecule has 1 fully saturated rings. The predicted molar refractivity (Wildman–Crippen MR) is 142 cm³/mol. The second kappa shape index (κ2) is 12.3. The number of hydrogen-bond donors (Lipinski definition) is 0. The number of benzene rings is 3. The second-order valence-electron chi connectivity index (χ2n) is 9.33. The first kappa shape index (κ1) is 26.9. The number of carbonyl (C=O) groups excluding carboxylic acids is 1. The van der Waals surface area contributed by atoms with Gasteiger partial charge in [-0.1, -0.05) is 73.7 Å². The van der Waals surface area contributed by atoms with Crippen LogP contribution in [-0.2, 0) is 28.0 Å². The lowest BCUT2D eigenvalue weighted by Gasteiger charge is -2.42. The number of ether oxygens (including phenoxy) is 1. The zero-order valence-corrected chi connectivity index (χ0v) is 21.5. The van der Waals surface area contributed by atoms with Crippen LogP contribution in [0.4, 0.5) is 4.39 Å². The van der Waals surface area contributed by atoms with E-state index < -0.39 is 5.60 Å². The van der Waals surface area contributed by atoms with Gasteiger partial charge in [0.25, 0.3) is 0 Å². The minimum absolute atomic E-state index is 0. The van der Waals surface area contributed by atoms with Crippen LogP contribution >= 0.6 is 12.4 Å². The molecule has 1 aliphatic heterocycles. The quantitative estimate of drug-likeness (QED) is 0.328. The van der Waals surface area contributed by atoms with E-state index in [-0.39, 0.29) is 24.2 Å². The number of carbonyl (C=O) groups is 1. The van der Waals surface area contributed by atoms with E-state index in [1.54, 1.807) is 6.07 Å². The summed E-state index contributed by atoms with van der Waals surface area (Å²) in [7, 11) is 0. The van der Waals surface area contributed by atoms with Crippen LogP contribution in [0.1, 0.15) is 54.0 Å². The second-order valence-corrected chi connectivity index (χ2v) is 9.33. The number of hydrogen-bond acceptors (Lipinski definition) is 3. The first-order valence-corrected chi connectivity index (χ1v) is 12.3. The third-order valence-corrected chi connectivity index (χ3v) is 6.92. The van der Waals surface area contributed by atoms with Gasteiger partial charge in [0.05, 0.1) is 0 Å².